The minimum absolute atomic E-state index is 0.0540. The van der Waals surface area contributed by atoms with E-state index in [0.29, 0.717) is 44.3 Å². The molecule has 2 aromatic rings. The fourth-order valence-electron chi connectivity index (χ4n) is 6.31. The molecule has 0 radical (unpaired) electrons. The lowest BCUT2D eigenvalue weighted by atomic mass is 9.96. The van der Waals surface area contributed by atoms with Gasteiger partial charge in [0.1, 0.15) is 30.2 Å². The number of rotatable bonds is 10. The van der Waals surface area contributed by atoms with Crippen molar-refractivity contribution in [1.82, 2.24) is 46.5 Å². The Hall–Kier alpha value is -4.86. The Kier molecular flexibility index (Phi) is 14.0. The Morgan fingerprint density at radius 1 is 1.00 bits per heavy atom. The number of nitrogens with zero attached hydrogens (tertiary/aromatic N) is 4. The Morgan fingerprint density at radius 2 is 1.75 bits per heavy atom. The molecule has 51 heavy (non-hydrogen) atoms. The van der Waals surface area contributed by atoms with Gasteiger partial charge in [-0.2, -0.15) is 0 Å². The summed E-state index contributed by atoms with van der Waals surface area (Å²) in [5.41, 5.74) is 1.21. The van der Waals surface area contributed by atoms with Crippen LogP contribution >= 0.6 is 0 Å². The maximum Gasteiger partial charge on any atom is 0.326 e. The summed E-state index contributed by atoms with van der Waals surface area (Å²) in [6, 6.07) is 3.11. The Labute approximate surface area is 297 Å². The molecule has 2 bridgehead atoms. The molecule has 1 aromatic heterocycles. The standard InChI is InChI=1S/C35H51N9O7/c1-5-21(2)29-33(48)37-25(31(46)39-27(35(50)51)18-23-12-7-6-8-13-23)14-9-10-16-43-20-24(41-42-43)19-26(38-30(45)22(3)36-4)34(49)44-17-11-15-28(44)32(47)40-29/h6-8,12-13,20-22,25-29,36H,5,9-11,14-19H2,1-4H3,(H,37,48)(H,38,45)(H,39,46)(H,40,47)(H,50,51)/t21-,22-,25-,26-,27-,28-,29-/m0/s1. The van der Waals surface area contributed by atoms with Crippen molar-refractivity contribution in [3.8, 4) is 0 Å². The van der Waals surface area contributed by atoms with Gasteiger partial charge in [-0.3, -0.25) is 28.7 Å². The van der Waals surface area contributed by atoms with E-state index >= 15 is 0 Å². The molecule has 0 unspecified atom stereocenters. The maximum absolute atomic E-state index is 14.0. The third-order valence-corrected chi connectivity index (χ3v) is 9.73. The van der Waals surface area contributed by atoms with Crippen molar-refractivity contribution in [1.29, 1.82) is 0 Å². The van der Waals surface area contributed by atoms with Gasteiger partial charge in [-0.15, -0.1) is 5.10 Å². The number of benzene rings is 1. The van der Waals surface area contributed by atoms with E-state index in [2.05, 4.69) is 36.9 Å². The predicted molar refractivity (Wildman–Crippen MR) is 186 cm³/mol. The van der Waals surface area contributed by atoms with Gasteiger partial charge >= 0.3 is 5.97 Å². The molecule has 278 valence electrons. The van der Waals surface area contributed by atoms with Crippen molar-refractivity contribution in [2.45, 2.75) is 115 Å². The monoisotopic (exact) mass is 709 g/mol. The van der Waals surface area contributed by atoms with Crippen LogP contribution in [0.2, 0.25) is 0 Å². The average molecular weight is 710 g/mol. The lowest BCUT2D eigenvalue weighted by molar-refractivity contribution is -0.143. The molecule has 2 aliphatic heterocycles. The van der Waals surface area contributed by atoms with Gasteiger partial charge in [0, 0.05) is 32.1 Å². The number of fused-ring (bicyclic) bond motifs is 3. The highest BCUT2D eigenvalue weighted by Crippen LogP contribution is 2.21. The zero-order valence-corrected chi connectivity index (χ0v) is 29.8. The molecule has 7 atom stereocenters. The number of amides is 5. The van der Waals surface area contributed by atoms with Crippen molar-refractivity contribution in [3.63, 3.8) is 0 Å². The van der Waals surface area contributed by atoms with E-state index in [0.717, 1.165) is 5.56 Å². The van der Waals surface area contributed by atoms with E-state index in [1.165, 1.54) is 4.90 Å². The van der Waals surface area contributed by atoms with Crippen LogP contribution in [0.3, 0.4) is 0 Å². The largest absolute Gasteiger partial charge is 0.480 e. The number of carboxylic acids is 1. The SMILES string of the molecule is CC[C@H](C)[C@@H]1NC(=O)[C@@H]2CCCN2C(=O)[C@@H](NC(=O)[C@H](C)NC)Cc2cn(nn2)CCCC[C@@H](C(=O)N[C@@H](Cc2ccccc2)C(=O)O)NC1=O. The number of hydrogen-bond donors (Lipinski definition) is 6. The first-order valence-electron chi connectivity index (χ1n) is 17.8. The van der Waals surface area contributed by atoms with Crippen LogP contribution in [0.15, 0.2) is 36.5 Å². The van der Waals surface area contributed by atoms with Gasteiger partial charge in [0.2, 0.25) is 29.5 Å². The van der Waals surface area contributed by atoms with Crippen molar-refractivity contribution in [2.24, 2.45) is 5.92 Å². The number of aryl methyl sites for hydroxylation is 1. The smallest absolute Gasteiger partial charge is 0.326 e. The van der Waals surface area contributed by atoms with Gasteiger partial charge in [-0.1, -0.05) is 55.8 Å². The summed E-state index contributed by atoms with van der Waals surface area (Å²) in [7, 11) is 1.64. The summed E-state index contributed by atoms with van der Waals surface area (Å²) in [4.78, 5) is 82.0. The third kappa shape index (κ3) is 10.6. The molecule has 16 heteroatoms. The number of nitrogens with one attached hydrogen (secondary N) is 5. The number of aliphatic carboxylic acids is 1. The number of hydrogen-bond acceptors (Lipinski definition) is 9. The van der Waals surface area contributed by atoms with Gasteiger partial charge in [0.05, 0.1) is 11.7 Å². The van der Waals surface area contributed by atoms with Crippen molar-refractivity contribution >= 4 is 35.5 Å². The van der Waals surface area contributed by atoms with Crippen molar-refractivity contribution in [3.05, 3.63) is 47.8 Å². The second kappa shape index (κ2) is 18.4. The maximum atomic E-state index is 14.0. The highest BCUT2D eigenvalue weighted by Gasteiger charge is 2.40. The summed E-state index contributed by atoms with van der Waals surface area (Å²) in [5.74, 6) is -4.12. The molecule has 1 fully saturated rings. The number of aromatic nitrogens is 3. The molecule has 0 spiro atoms. The van der Waals surface area contributed by atoms with Crippen molar-refractivity contribution < 1.29 is 33.9 Å². The second-order valence-corrected chi connectivity index (χ2v) is 13.5. The van der Waals surface area contributed by atoms with Crippen LogP contribution in [0, 0.1) is 5.92 Å². The molecule has 1 saturated heterocycles. The summed E-state index contributed by atoms with van der Waals surface area (Å²) < 4.78 is 1.61. The minimum Gasteiger partial charge on any atom is -0.480 e. The van der Waals surface area contributed by atoms with Gasteiger partial charge in [-0.05, 0) is 57.6 Å². The molecule has 2 aliphatic rings. The quantitative estimate of drug-likeness (QED) is 0.193. The molecule has 0 aliphatic carbocycles. The minimum atomic E-state index is -1.23. The molecule has 16 nitrogen and oxygen atoms in total. The molecular weight excluding hydrogens is 658 g/mol. The summed E-state index contributed by atoms with van der Waals surface area (Å²) in [5, 5.41) is 32.3. The first kappa shape index (κ1) is 38.9. The first-order valence-corrected chi connectivity index (χ1v) is 17.8. The van der Waals surface area contributed by atoms with Gasteiger partial charge in [-0.25, -0.2) is 4.79 Å². The number of carbonyl (C=O) groups excluding carboxylic acids is 5. The normalized spacial score (nSPS) is 23.8. The highest BCUT2D eigenvalue weighted by molar-refractivity contribution is 5.96. The van der Waals surface area contributed by atoms with Crippen LogP contribution in [0.4, 0.5) is 0 Å². The van der Waals surface area contributed by atoms with Crippen LogP contribution < -0.4 is 26.6 Å². The van der Waals surface area contributed by atoms with Gasteiger partial charge in [0.25, 0.3) is 0 Å². The van der Waals surface area contributed by atoms with E-state index in [9.17, 15) is 33.9 Å². The zero-order chi connectivity index (χ0) is 37.1. The lowest BCUT2D eigenvalue weighted by Gasteiger charge is -2.31. The van der Waals surface area contributed by atoms with Crippen LogP contribution in [0.5, 0.6) is 0 Å². The fourth-order valence-corrected chi connectivity index (χ4v) is 6.31. The first-order chi connectivity index (χ1) is 24.4. The topological polar surface area (TPSA) is 217 Å². The molecule has 0 saturated carbocycles. The van der Waals surface area contributed by atoms with Crippen LogP contribution in [-0.4, -0.2) is 110 Å². The van der Waals surface area contributed by atoms with Crippen LogP contribution in [-0.2, 0) is 48.2 Å². The number of likely N-dealkylation sites (N-methyl/N-ethyl adjacent to an activating group) is 1. The van der Waals surface area contributed by atoms with Gasteiger partial charge in [0.15, 0.2) is 0 Å². The van der Waals surface area contributed by atoms with E-state index in [4.69, 9.17) is 0 Å². The van der Waals surface area contributed by atoms with Gasteiger partial charge < -0.3 is 36.6 Å². The number of carboxylic acid groups (broad SMARTS) is 1. The zero-order valence-electron chi connectivity index (χ0n) is 29.8. The Balaban J connectivity index is 1.62. The number of carbonyl (C=O) groups is 6. The molecule has 1 aromatic carbocycles. The molecule has 5 amide bonds. The average Bonchev–Trinajstić information content (AvgIpc) is 3.80. The van der Waals surface area contributed by atoms with Crippen molar-refractivity contribution in [2.75, 3.05) is 13.6 Å². The summed E-state index contributed by atoms with van der Waals surface area (Å²) >= 11 is 0. The van der Waals surface area contributed by atoms with E-state index in [-0.39, 0.29) is 37.6 Å². The summed E-state index contributed by atoms with van der Waals surface area (Å²) in [6.45, 7) is 6.06. The molecular formula is C35H51N9O7. The van der Waals surface area contributed by atoms with E-state index in [1.54, 1.807) is 49.1 Å². The Morgan fingerprint density at radius 3 is 2.43 bits per heavy atom. The van der Waals surface area contributed by atoms with E-state index in [1.807, 2.05) is 19.9 Å². The Bertz CT molecular complexity index is 1530. The predicted octanol–water partition coefficient (Wildman–Crippen LogP) is -0.0840. The molecule has 4 rings (SSSR count). The second-order valence-electron chi connectivity index (χ2n) is 13.5. The fraction of sp³-hybridized carbons (Fsp3) is 0.600. The lowest BCUT2D eigenvalue weighted by Crippen LogP contribution is -2.60. The summed E-state index contributed by atoms with van der Waals surface area (Å²) in [6.07, 6.45) is 4.42. The highest BCUT2D eigenvalue weighted by atomic mass is 16.4. The third-order valence-electron chi connectivity index (χ3n) is 9.73. The van der Waals surface area contributed by atoms with Crippen LogP contribution in [0.1, 0.15) is 70.6 Å². The van der Waals surface area contributed by atoms with Crippen LogP contribution in [0.25, 0.3) is 0 Å². The van der Waals surface area contributed by atoms with E-state index < -0.39 is 65.8 Å². The molecule has 6 N–H and O–H groups in total. The molecule has 3 heterocycles.